The van der Waals surface area contributed by atoms with Crippen molar-refractivity contribution in [1.29, 1.82) is 0 Å². The van der Waals surface area contributed by atoms with Gasteiger partial charge in [-0.05, 0) is 86.2 Å². The van der Waals surface area contributed by atoms with E-state index in [1.165, 1.54) is 12.0 Å². The molecule has 5 aromatic rings. The Bertz CT molecular complexity index is 1710. The number of carbonyl (C=O) groups is 1. The lowest BCUT2D eigenvalue weighted by Crippen LogP contribution is -2.25. The number of rotatable bonds is 6. The number of carbonyl (C=O) groups excluding carboxylic acids is 1. The first-order valence-electron chi connectivity index (χ1n) is 13.0. The average molecular weight is 521 g/mol. The number of hydrogen-bond donors (Lipinski definition) is 3. The Balaban J connectivity index is 1.24. The number of imidazole rings is 1. The molecule has 0 radical (unpaired) electrons. The second-order valence-corrected chi connectivity index (χ2v) is 9.65. The van der Waals surface area contributed by atoms with E-state index in [1.807, 2.05) is 31.2 Å². The monoisotopic (exact) mass is 520 g/mol. The highest BCUT2D eigenvalue weighted by atomic mass is 16.5. The molecular formula is C30H28N6O3. The third-order valence-corrected chi connectivity index (χ3v) is 7.12. The number of pyridine rings is 1. The molecule has 0 bridgehead atoms. The zero-order valence-corrected chi connectivity index (χ0v) is 21.8. The van der Waals surface area contributed by atoms with E-state index in [9.17, 15) is 9.90 Å². The van der Waals surface area contributed by atoms with Gasteiger partial charge in [0, 0.05) is 28.7 Å². The van der Waals surface area contributed by atoms with Crippen LogP contribution in [0.4, 0.5) is 0 Å². The maximum atomic E-state index is 13.0. The van der Waals surface area contributed by atoms with Crippen molar-refractivity contribution in [3.8, 4) is 34.1 Å². The number of aromatic nitrogens is 5. The molecule has 0 fully saturated rings. The van der Waals surface area contributed by atoms with Gasteiger partial charge in [0.1, 0.15) is 17.4 Å². The molecular weight excluding hydrogens is 492 g/mol. The Morgan fingerprint density at radius 1 is 1.05 bits per heavy atom. The molecule has 3 heterocycles. The first-order chi connectivity index (χ1) is 19.0. The molecule has 0 atom stereocenters. The molecule has 1 aliphatic rings. The number of H-pyrrole nitrogens is 1. The maximum absolute atomic E-state index is 13.0. The number of nitrogens with one attached hydrogen (secondary N) is 2. The summed E-state index contributed by atoms with van der Waals surface area (Å²) in [6, 6.07) is 14.3. The van der Waals surface area contributed by atoms with Crippen molar-refractivity contribution < 1.29 is 14.6 Å². The van der Waals surface area contributed by atoms with Gasteiger partial charge in [0.15, 0.2) is 0 Å². The highest BCUT2D eigenvalue weighted by Gasteiger charge is 2.17. The fourth-order valence-corrected chi connectivity index (χ4v) is 5.13. The van der Waals surface area contributed by atoms with E-state index in [-0.39, 0.29) is 18.2 Å². The van der Waals surface area contributed by atoms with Gasteiger partial charge < -0.3 is 20.1 Å². The van der Waals surface area contributed by atoms with Crippen LogP contribution < -0.4 is 10.1 Å². The SMILES string of the molecule is COc1ncccc1-c1ccc(O)c(-c2nc3cc(C(=O)NCc4nc(C)c5c(n4)CCCC5)ccc3[nH]2)c1. The first kappa shape index (κ1) is 24.5. The van der Waals surface area contributed by atoms with E-state index in [0.29, 0.717) is 34.2 Å². The molecule has 0 unspecified atom stereocenters. The standard InChI is InChI=1S/C30H28N6O3/c1-17-20-6-3-4-8-23(20)34-27(33-17)16-32-29(38)19-9-11-24-25(15-19)36-28(35-24)22-14-18(10-12-26(22)37)21-7-5-13-31-30(21)39-2/h5,7,9-15,37H,3-4,6,8,16H2,1-2H3,(H,32,38)(H,35,36). The number of phenolic OH excluding ortho intramolecular Hbond substituents is 1. The summed E-state index contributed by atoms with van der Waals surface area (Å²) >= 11 is 0. The number of nitrogens with zero attached hydrogens (tertiary/aromatic N) is 4. The van der Waals surface area contributed by atoms with Crippen molar-refractivity contribution in [2.45, 2.75) is 39.2 Å². The summed E-state index contributed by atoms with van der Waals surface area (Å²) in [6.07, 6.45) is 5.97. The summed E-state index contributed by atoms with van der Waals surface area (Å²) in [5.41, 5.74) is 7.37. The van der Waals surface area contributed by atoms with Crippen molar-refractivity contribution in [2.24, 2.45) is 0 Å². The van der Waals surface area contributed by atoms with Gasteiger partial charge in [-0.15, -0.1) is 0 Å². The molecule has 196 valence electrons. The number of amides is 1. The highest BCUT2D eigenvalue weighted by Crippen LogP contribution is 2.35. The van der Waals surface area contributed by atoms with Crippen molar-refractivity contribution in [3.63, 3.8) is 0 Å². The molecule has 9 nitrogen and oxygen atoms in total. The summed E-state index contributed by atoms with van der Waals surface area (Å²) in [5, 5.41) is 13.6. The van der Waals surface area contributed by atoms with Crippen LogP contribution in [-0.2, 0) is 19.4 Å². The van der Waals surface area contributed by atoms with Crippen molar-refractivity contribution in [2.75, 3.05) is 7.11 Å². The fraction of sp³-hybridized carbons (Fsp3) is 0.233. The number of aromatic amines is 1. The summed E-state index contributed by atoms with van der Waals surface area (Å²) < 4.78 is 5.39. The number of hydrogen-bond acceptors (Lipinski definition) is 7. The number of fused-ring (bicyclic) bond motifs is 2. The smallest absolute Gasteiger partial charge is 0.251 e. The van der Waals surface area contributed by atoms with Gasteiger partial charge in [0.2, 0.25) is 5.88 Å². The number of methoxy groups -OCH3 is 1. The normalized spacial score (nSPS) is 12.8. The fourth-order valence-electron chi connectivity index (χ4n) is 5.13. The largest absolute Gasteiger partial charge is 0.507 e. The van der Waals surface area contributed by atoms with E-state index in [1.54, 1.807) is 37.6 Å². The van der Waals surface area contributed by atoms with Gasteiger partial charge in [-0.25, -0.2) is 19.9 Å². The Hall–Kier alpha value is -4.79. The van der Waals surface area contributed by atoms with Crippen LogP contribution >= 0.6 is 0 Å². The van der Waals surface area contributed by atoms with Gasteiger partial charge in [-0.2, -0.15) is 0 Å². The molecule has 0 saturated heterocycles. The minimum absolute atomic E-state index is 0.0824. The topological polar surface area (TPSA) is 126 Å². The van der Waals surface area contributed by atoms with E-state index in [4.69, 9.17) is 9.72 Å². The second-order valence-electron chi connectivity index (χ2n) is 9.65. The van der Waals surface area contributed by atoms with E-state index >= 15 is 0 Å². The van der Waals surface area contributed by atoms with Gasteiger partial charge in [0.25, 0.3) is 5.91 Å². The lowest BCUT2D eigenvalue weighted by atomic mass is 9.95. The predicted octanol–water partition coefficient (Wildman–Crippen LogP) is 4.91. The number of ether oxygens (including phenoxy) is 1. The zero-order valence-electron chi connectivity index (χ0n) is 21.8. The number of aryl methyl sites for hydroxylation is 2. The van der Waals surface area contributed by atoms with Crippen LogP contribution in [-0.4, -0.2) is 43.0 Å². The van der Waals surface area contributed by atoms with E-state index in [2.05, 4.69) is 25.3 Å². The van der Waals surface area contributed by atoms with Crippen LogP contribution in [0.3, 0.4) is 0 Å². The van der Waals surface area contributed by atoms with Crippen molar-refractivity contribution in [1.82, 2.24) is 30.2 Å². The van der Waals surface area contributed by atoms with E-state index in [0.717, 1.165) is 47.3 Å². The van der Waals surface area contributed by atoms with Crippen LogP contribution in [0.5, 0.6) is 11.6 Å². The molecule has 2 aromatic carbocycles. The highest BCUT2D eigenvalue weighted by molar-refractivity contribution is 5.97. The molecule has 9 heteroatoms. The Morgan fingerprint density at radius 2 is 1.92 bits per heavy atom. The van der Waals surface area contributed by atoms with Crippen LogP contribution in [0.15, 0.2) is 54.7 Å². The molecule has 1 amide bonds. The molecule has 0 aliphatic heterocycles. The summed E-state index contributed by atoms with van der Waals surface area (Å²) in [6.45, 7) is 2.27. The zero-order chi connectivity index (χ0) is 26.9. The Morgan fingerprint density at radius 3 is 2.79 bits per heavy atom. The van der Waals surface area contributed by atoms with Crippen molar-refractivity contribution >= 4 is 16.9 Å². The molecule has 3 aromatic heterocycles. The molecule has 1 aliphatic carbocycles. The summed E-state index contributed by atoms with van der Waals surface area (Å²) in [4.78, 5) is 34.5. The van der Waals surface area contributed by atoms with Crippen LogP contribution in [0.1, 0.15) is 46.0 Å². The van der Waals surface area contributed by atoms with Gasteiger partial charge >= 0.3 is 0 Å². The summed E-state index contributed by atoms with van der Waals surface area (Å²) in [5.74, 6) is 1.46. The molecule has 39 heavy (non-hydrogen) atoms. The molecule has 3 N–H and O–H groups in total. The van der Waals surface area contributed by atoms with Crippen LogP contribution in [0.2, 0.25) is 0 Å². The average Bonchev–Trinajstić information content (AvgIpc) is 3.39. The lowest BCUT2D eigenvalue weighted by Gasteiger charge is -2.17. The van der Waals surface area contributed by atoms with Gasteiger partial charge in [-0.1, -0.05) is 6.07 Å². The number of phenols is 1. The Kier molecular flexibility index (Phi) is 6.40. The molecule has 0 spiro atoms. The predicted molar refractivity (Wildman–Crippen MR) is 148 cm³/mol. The molecule has 0 saturated carbocycles. The quantitative estimate of drug-likeness (QED) is 0.290. The number of aromatic hydroxyl groups is 1. The third-order valence-electron chi connectivity index (χ3n) is 7.12. The lowest BCUT2D eigenvalue weighted by molar-refractivity contribution is 0.0950. The molecule has 6 rings (SSSR count). The van der Waals surface area contributed by atoms with E-state index < -0.39 is 0 Å². The minimum Gasteiger partial charge on any atom is -0.507 e. The van der Waals surface area contributed by atoms with Crippen LogP contribution in [0, 0.1) is 6.92 Å². The van der Waals surface area contributed by atoms with Gasteiger partial charge in [-0.3, -0.25) is 4.79 Å². The first-order valence-corrected chi connectivity index (χ1v) is 13.0. The summed E-state index contributed by atoms with van der Waals surface area (Å²) in [7, 11) is 1.57. The third kappa shape index (κ3) is 4.79. The second kappa shape index (κ2) is 10.2. The minimum atomic E-state index is -0.228. The Labute approximate surface area is 225 Å². The number of benzene rings is 2. The van der Waals surface area contributed by atoms with Gasteiger partial charge in [0.05, 0.1) is 30.3 Å². The van der Waals surface area contributed by atoms with Crippen LogP contribution in [0.25, 0.3) is 33.5 Å². The van der Waals surface area contributed by atoms with Crippen molar-refractivity contribution in [3.05, 3.63) is 83.1 Å². The maximum Gasteiger partial charge on any atom is 0.251 e.